The van der Waals surface area contributed by atoms with Crippen LogP contribution in [0.1, 0.15) is 11.1 Å². The van der Waals surface area contributed by atoms with Crippen LogP contribution in [-0.4, -0.2) is 12.9 Å². The van der Waals surface area contributed by atoms with Gasteiger partial charge in [0.05, 0.1) is 0 Å². The molecule has 2 N–H and O–H groups in total. The first-order valence-electron chi connectivity index (χ1n) is 3.63. The Morgan fingerprint density at radius 1 is 1.42 bits per heavy atom. The first kappa shape index (κ1) is 9.07. The van der Waals surface area contributed by atoms with Crippen LogP contribution < -0.4 is 5.73 Å². The number of nitrogens with zero attached hydrogens (tertiary/aromatic N) is 1. The molecule has 0 amide bonds. The van der Waals surface area contributed by atoms with Gasteiger partial charge in [-0.3, -0.25) is 4.99 Å². The highest BCUT2D eigenvalue weighted by molar-refractivity contribution is 6.31. The van der Waals surface area contributed by atoms with Crippen molar-refractivity contribution < 1.29 is 0 Å². The van der Waals surface area contributed by atoms with Crippen LogP contribution in [0.5, 0.6) is 0 Å². The standard InChI is InChI=1S/C9H11ClN2/c1-6-3-7(9(11)12-2)5-8(10)4-6/h3-5H,1-2H3,(H2,11,12). The molecule has 0 unspecified atom stereocenters. The number of halogens is 1. The van der Waals surface area contributed by atoms with Crippen molar-refractivity contribution in [2.24, 2.45) is 10.7 Å². The van der Waals surface area contributed by atoms with Gasteiger partial charge in [-0.25, -0.2) is 0 Å². The smallest absolute Gasteiger partial charge is 0.125 e. The molecule has 0 saturated carbocycles. The molecule has 2 nitrogen and oxygen atoms in total. The molecule has 0 aromatic heterocycles. The lowest BCUT2D eigenvalue weighted by atomic mass is 10.1. The predicted molar refractivity (Wildman–Crippen MR) is 52.8 cm³/mol. The Kier molecular flexibility index (Phi) is 2.71. The number of benzene rings is 1. The van der Waals surface area contributed by atoms with E-state index in [1.807, 2.05) is 19.1 Å². The molecule has 0 saturated heterocycles. The highest BCUT2D eigenvalue weighted by atomic mass is 35.5. The summed E-state index contributed by atoms with van der Waals surface area (Å²) in [5.74, 6) is 0.514. The number of aryl methyl sites for hydroxylation is 1. The van der Waals surface area contributed by atoms with Crippen LogP contribution in [0.4, 0.5) is 0 Å². The summed E-state index contributed by atoms with van der Waals surface area (Å²) in [5.41, 5.74) is 7.59. The van der Waals surface area contributed by atoms with Crippen molar-refractivity contribution in [2.45, 2.75) is 6.92 Å². The second-order valence-corrected chi connectivity index (χ2v) is 3.06. The van der Waals surface area contributed by atoms with E-state index in [1.165, 1.54) is 0 Å². The van der Waals surface area contributed by atoms with Gasteiger partial charge < -0.3 is 5.73 Å². The number of amidine groups is 1. The number of hydrogen-bond donors (Lipinski definition) is 1. The molecule has 0 aliphatic rings. The molecule has 0 atom stereocenters. The van der Waals surface area contributed by atoms with Crippen LogP contribution in [0.2, 0.25) is 5.02 Å². The summed E-state index contributed by atoms with van der Waals surface area (Å²) in [6.07, 6.45) is 0. The highest BCUT2D eigenvalue weighted by Crippen LogP contribution is 2.13. The number of hydrogen-bond acceptors (Lipinski definition) is 1. The van der Waals surface area contributed by atoms with E-state index in [4.69, 9.17) is 17.3 Å². The summed E-state index contributed by atoms with van der Waals surface area (Å²) in [6.45, 7) is 1.97. The molecule has 0 bridgehead atoms. The second-order valence-electron chi connectivity index (χ2n) is 2.63. The normalized spacial score (nSPS) is 11.8. The molecule has 64 valence electrons. The summed E-state index contributed by atoms with van der Waals surface area (Å²) in [5, 5.41) is 0.691. The fraction of sp³-hybridized carbons (Fsp3) is 0.222. The lowest BCUT2D eigenvalue weighted by Gasteiger charge is -2.01. The lowest BCUT2D eigenvalue weighted by molar-refractivity contribution is 1.37. The van der Waals surface area contributed by atoms with E-state index in [0.29, 0.717) is 10.9 Å². The van der Waals surface area contributed by atoms with Gasteiger partial charge in [0.15, 0.2) is 0 Å². The van der Waals surface area contributed by atoms with Crippen molar-refractivity contribution in [3.63, 3.8) is 0 Å². The minimum Gasteiger partial charge on any atom is -0.384 e. The summed E-state index contributed by atoms with van der Waals surface area (Å²) >= 11 is 5.84. The van der Waals surface area contributed by atoms with Crippen LogP contribution in [0.25, 0.3) is 0 Å². The Hall–Kier alpha value is -1.02. The van der Waals surface area contributed by atoms with Gasteiger partial charge in [-0.1, -0.05) is 11.6 Å². The molecule has 0 spiro atoms. The summed E-state index contributed by atoms with van der Waals surface area (Å²) in [4.78, 5) is 3.88. The average Bonchev–Trinajstić information content (AvgIpc) is 2.01. The summed E-state index contributed by atoms with van der Waals surface area (Å²) < 4.78 is 0. The van der Waals surface area contributed by atoms with E-state index in [0.717, 1.165) is 11.1 Å². The third-order valence-electron chi connectivity index (χ3n) is 1.58. The maximum absolute atomic E-state index is 5.84. The molecule has 12 heavy (non-hydrogen) atoms. The van der Waals surface area contributed by atoms with Crippen molar-refractivity contribution in [1.82, 2.24) is 0 Å². The zero-order chi connectivity index (χ0) is 9.14. The van der Waals surface area contributed by atoms with Crippen molar-refractivity contribution in [2.75, 3.05) is 7.05 Å². The van der Waals surface area contributed by atoms with Gasteiger partial charge in [-0.2, -0.15) is 0 Å². The maximum atomic E-state index is 5.84. The van der Waals surface area contributed by atoms with Crippen LogP contribution in [0.15, 0.2) is 23.2 Å². The topological polar surface area (TPSA) is 38.4 Å². The molecule has 3 heteroatoms. The summed E-state index contributed by atoms with van der Waals surface area (Å²) in [6, 6.07) is 5.64. The minimum atomic E-state index is 0.514. The lowest BCUT2D eigenvalue weighted by Crippen LogP contribution is -2.12. The first-order valence-corrected chi connectivity index (χ1v) is 4.01. The first-order chi connectivity index (χ1) is 5.63. The van der Waals surface area contributed by atoms with Gasteiger partial charge in [-0.05, 0) is 30.7 Å². The third kappa shape index (κ3) is 1.98. The number of rotatable bonds is 1. The van der Waals surface area contributed by atoms with Crippen LogP contribution >= 0.6 is 11.6 Å². The van der Waals surface area contributed by atoms with Gasteiger partial charge in [-0.15, -0.1) is 0 Å². The molecule has 0 fully saturated rings. The van der Waals surface area contributed by atoms with E-state index in [1.54, 1.807) is 13.1 Å². The molecule has 1 aromatic rings. The zero-order valence-corrected chi connectivity index (χ0v) is 7.89. The van der Waals surface area contributed by atoms with E-state index in [2.05, 4.69) is 4.99 Å². The maximum Gasteiger partial charge on any atom is 0.125 e. The molecule has 0 heterocycles. The van der Waals surface area contributed by atoms with Crippen LogP contribution in [0.3, 0.4) is 0 Å². The molecular weight excluding hydrogens is 172 g/mol. The summed E-state index contributed by atoms with van der Waals surface area (Å²) in [7, 11) is 1.66. The Morgan fingerprint density at radius 2 is 2.08 bits per heavy atom. The van der Waals surface area contributed by atoms with Crippen LogP contribution in [0, 0.1) is 6.92 Å². The Balaban J connectivity index is 3.17. The SMILES string of the molecule is CN=C(N)c1cc(C)cc(Cl)c1. The Bertz CT molecular complexity index is 298. The largest absolute Gasteiger partial charge is 0.384 e. The molecule has 1 rings (SSSR count). The van der Waals surface area contributed by atoms with Crippen molar-refractivity contribution >= 4 is 17.4 Å². The zero-order valence-electron chi connectivity index (χ0n) is 7.13. The monoisotopic (exact) mass is 182 g/mol. The van der Waals surface area contributed by atoms with Crippen molar-refractivity contribution in [1.29, 1.82) is 0 Å². The van der Waals surface area contributed by atoms with Crippen molar-refractivity contribution in [3.8, 4) is 0 Å². The van der Waals surface area contributed by atoms with E-state index in [-0.39, 0.29) is 0 Å². The second kappa shape index (κ2) is 3.59. The van der Waals surface area contributed by atoms with Gasteiger partial charge >= 0.3 is 0 Å². The van der Waals surface area contributed by atoms with Crippen molar-refractivity contribution in [3.05, 3.63) is 34.3 Å². The Morgan fingerprint density at radius 3 is 2.58 bits per heavy atom. The number of nitrogens with two attached hydrogens (primary N) is 1. The van der Waals surface area contributed by atoms with E-state index >= 15 is 0 Å². The molecule has 0 aliphatic carbocycles. The number of aliphatic imine (C=N–C) groups is 1. The molecule has 1 aromatic carbocycles. The molecular formula is C9H11ClN2. The Labute approximate surface area is 77.1 Å². The van der Waals surface area contributed by atoms with Gasteiger partial charge in [0, 0.05) is 17.6 Å². The fourth-order valence-corrected chi connectivity index (χ4v) is 1.30. The van der Waals surface area contributed by atoms with Gasteiger partial charge in [0.25, 0.3) is 0 Å². The molecule has 0 radical (unpaired) electrons. The van der Waals surface area contributed by atoms with Crippen LogP contribution in [-0.2, 0) is 0 Å². The molecule has 0 aliphatic heterocycles. The third-order valence-corrected chi connectivity index (χ3v) is 1.80. The predicted octanol–water partition coefficient (Wildman–Crippen LogP) is 1.98. The van der Waals surface area contributed by atoms with E-state index < -0.39 is 0 Å². The highest BCUT2D eigenvalue weighted by Gasteiger charge is 1.99. The average molecular weight is 183 g/mol. The quantitative estimate of drug-likeness (QED) is 0.524. The minimum absolute atomic E-state index is 0.514. The van der Waals surface area contributed by atoms with E-state index in [9.17, 15) is 0 Å². The van der Waals surface area contributed by atoms with Gasteiger partial charge in [0.2, 0.25) is 0 Å². The fourth-order valence-electron chi connectivity index (χ4n) is 1.01. The van der Waals surface area contributed by atoms with Gasteiger partial charge in [0.1, 0.15) is 5.84 Å².